The van der Waals surface area contributed by atoms with E-state index in [0.717, 1.165) is 28.0 Å². The molecule has 0 N–H and O–H groups in total. The fourth-order valence-electron chi connectivity index (χ4n) is 2.85. The summed E-state index contributed by atoms with van der Waals surface area (Å²) < 4.78 is 2.11. The van der Waals surface area contributed by atoms with Crippen molar-refractivity contribution in [2.45, 2.75) is 12.1 Å². The van der Waals surface area contributed by atoms with Crippen molar-refractivity contribution in [3.63, 3.8) is 0 Å². The highest BCUT2D eigenvalue weighted by Crippen LogP contribution is 2.28. The molecule has 0 amide bonds. The molecule has 0 aliphatic rings. The van der Waals surface area contributed by atoms with Crippen molar-refractivity contribution in [1.29, 1.82) is 0 Å². The van der Waals surface area contributed by atoms with E-state index in [0.29, 0.717) is 0 Å². The van der Waals surface area contributed by atoms with E-state index in [4.69, 9.17) is 0 Å². The first-order valence-corrected chi connectivity index (χ1v) is 10.1. The van der Waals surface area contributed by atoms with Crippen LogP contribution in [0, 0.1) is 6.92 Å². The Balaban J connectivity index is 1.62. The van der Waals surface area contributed by atoms with Crippen molar-refractivity contribution in [2.24, 2.45) is 0 Å². The molecule has 0 saturated heterocycles. The summed E-state index contributed by atoms with van der Waals surface area (Å²) in [6.45, 7) is 2.09. The lowest BCUT2D eigenvalue weighted by atomic mass is 10.2. The zero-order valence-electron chi connectivity index (χ0n) is 15.6. The van der Waals surface area contributed by atoms with Gasteiger partial charge in [-0.1, -0.05) is 71.9 Å². The summed E-state index contributed by atoms with van der Waals surface area (Å²) in [4.78, 5) is 4.11. The standard InChI is InChI=1S/C23H20N4S/c1-18-9-11-21(12-10-18)27-22(20-13-15-24-16-14-20)25-26-23(27)28-17-5-8-19-6-3-2-4-7-19/h2-16H,17H2,1H3. The molecule has 2 aromatic heterocycles. The summed E-state index contributed by atoms with van der Waals surface area (Å²) in [5.41, 5.74) is 4.47. The molecule has 0 bridgehead atoms. The maximum absolute atomic E-state index is 4.46. The lowest BCUT2D eigenvalue weighted by molar-refractivity contribution is 0.887. The van der Waals surface area contributed by atoms with E-state index in [9.17, 15) is 0 Å². The van der Waals surface area contributed by atoms with Gasteiger partial charge in [0.25, 0.3) is 0 Å². The van der Waals surface area contributed by atoms with E-state index in [-0.39, 0.29) is 0 Å². The van der Waals surface area contributed by atoms with Crippen LogP contribution in [-0.4, -0.2) is 25.5 Å². The first-order valence-electron chi connectivity index (χ1n) is 9.08. The fraction of sp³-hybridized carbons (Fsp3) is 0.0870. The average molecular weight is 385 g/mol. The second-order valence-corrected chi connectivity index (χ2v) is 7.32. The summed E-state index contributed by atoms with van der Waals surface area (Å²) in [5, 5.41) is 9.79. The Morgan fingerprint density at radius 1 is 0.893 bits per heavy atom. The fourth-order valence-corrected chi connectivity index (χ4v) is 3.61. The Bertz CT molecular complexity index is 1050. The second kappa shape index (κ2) is 8.67. The minimum Gasteiger partial charge on any atom is -0.270 e. The predicted octanol–water partition coefficient (Wildman–Crippen LogP) is 5.44. The monoisotopic (exact) mass is 384 g/mol. The molecule has 0 spiro atoms. The van der Waals surface area contributed by atoms with Crippen molar-refractivity contribution in [3.05, 3.63) is 96.3 Å². The number of benzene rings is 2. The number of nitrogens with zero attached hydrogens (tertiary/aromatic N) is 4. The van der Waals surface area contributed by atoms with Crippen molar-refractivity contribution in [3.8, 4) is 17.1 Å². The highest BCUT2D eigenvalue weighted by Gasteiger charge is 2.15. The average Bonchev–Trinajstić information content (AvgIpc) is 3.17. The van der Waals surface area contributed by atoms with Crippen LogP contribution in [0.1, 0.15) is 11.1 Å². The quantitative estimate of drug-likeness (QED) is 0.415. The van der Waals surface area contributed by atoms with Gasteiger partial charge >= 0.3 is 0 Å². The predicted molar refractivity (Wildman–Crippen MR) is 116 cm³/mol. The third-order valence-electron chi connectivity index (χ3n) is 4.28. The second-order valence-electron chi connectivity index (χ2n) is 6.34. The van der Waals surface area contributed by atoms with Gasteiger partial charge in [0, 0.05) is 29.4 Å². The zero-order valence-corrected chi connectivity index (χ0v) is 16.4. The minimum atomic E-state index is 0.815. The third kappa shape index (κ3) is 4.21. The van der Waals surface area contributed by atoms with Gasteiger partial charge < -0.3 is 0 Å². The van der Waals surface area contributed by atoms with E-state index >= 15 is 0 Å². The zero-order chi connectivity index (χ0) is 19.2. The lowest BCUT2D eigenvalue weighted by Gasteiger charge is -2.10. The minimum absolute atomic E-state index is 0.815. The van der Waals surface area contributed by atoms with Gasteiger partial charge in [0.15, 0.2) is 11.0 Å². The number of thioether (sulfide) groups is 1. The Labute approximate surface area is 169 Å². The molecule has 2 heterocycles. The van der Waals surface area contributed by atoms with Crippen LogP contribution in [0.5, 0.6) is 0 Å². The maximum atomic E-state index is 4.46. The number of hydrogen-bond donors (Lipinski definition) is 0. The Hall–Kier alpha value is -3.18. The topological polar surface area (TPSA) is 43.6 Å². The molecule has 4 nitrogen and oxygen atoms in total. The summed E-state index contributed by atoms with van der Waals surface area (Å²) in [7, 11) is 0. The lowest BCUT2D eigenvalue weighted by Crippen LogP contribution is -2.00. The van der Waals surface area contributed by atoms with Crippen molar-refractivity contribution in [1.82, 2.24) is 19.7 Å². The molecule has 0 saturated carbocycles. The molecule has 0 radical (unpaired) electrons. The van der Waals surface area contributed by atoms with Crippen molar-refractivity contribution < 1.29 is 0 Å². The van der Waals surface area contributed by atoms with Crippen LogP contribution < -0.4 is 0 Å². The van der Waals surface area contributed by atoms with E-state index in [1.807, 2.05) is 30.3 Å². The molecule has 4 aromatic rings. The maximum Gasteiger partial charge on any atom is 0.196 e. The summed E-state index contributed by atoms with van der Waals surface area (Å²) >= 11 is 1.67. The number of aryl methyl sites for hydroxylation is 1. The number of pyridine rings is 1. The molecular formula is C23H20N4S. The van der Waals surface area contributed by atoms with Gasteiger partial charge in [-0.25, -0.2) is 0 Å². The third-order valence-corrected chi connectivity index (χ3v) is 5.16. The molecule has 4 rings (SSSR count). The van der Waals surface area contributed by atoms with Gasteiger partial charge in [-0.3, -0.25) is 9.55 Å². The first kappa shape index (κ1) is 18.2. The Kier molecular flexibility index (Phi) is 5.64. The number of aromatic nitrogens is 4. The van der Waals surface area contributed by atoms with Crippen LogP contribution in [0.4, 0.5) is 0 Å². The van der Waals surface area contributed by atoms with E-state index in [1.165, 1.54) is 11.1 Å². The van der Waals surface area contributed by atoms with E-state index in [2.05, 4.69) is 75.2 Å². The molecule has 0 aliphatic carbocycles. The number of rotatable bonds is 6. The Morgan fingerprint density at radius 2 is 1.64 bits per heavy atom. The molecule has 28 heavy (non-hydrogen) atoms. The molecule has 5 heteroatoms. The number of hydrogen-bond acceptors (Lipinski definition) is 4. The largest absolute Gasteiger partial charge is 0.270 e. The van der Waals surface area contributed by atoms with Gasteiger partial charge in [0.05, 0.1) is 0 Å². The first-order chi connectivity index (χ1) is 13.8. The summed E-state index contributed by atoms with van der Waals surface area (Å²) in [6.07, 6.45) is 7.83. The van der Waals surface area contributed by atoms with Crippen molar-refractivity contribution >= 4 is 17.8 Å². The SMILES string of the molecule is Cc1ccc(-n2c(SCC=Cc3ccccc3)nnc2-c2ccncc2)cc1. The molecule has 0 fully saturated rings. The normalized spacial score (nSPS) is 11.2. The van der Waals surface area contributed by atoms with Gasteiger partial charge in [0.1, 0.15) is 0 Å². The van der Waals surface area contributed by atoms with Gasteiger partial charge in [-0.15, -0.1) is 10.2 Å². The van der Waals surface area contributed by atoms with Crippen LogP contribution in [-0.2, 0) is 0 Å². The summed E-state index contributed by atoms with van der Waals surface area (Å²) in [5.74, 6) is 1.63. The molecule has 138 valence electrons. The van der Waals surface area contributed by atoms with E-state index in [1.54, 1.807) is 24.2 Å². The van der Waals surface area contributed by atoms with Gasteiger partial charge in [-0.2, -0.15) is 0 Å². The molecule has 0 atom stereocenters. The molecule has 0 unspecified atom stereocenters. The Morgan fingerprint density at radius 3 is 2.39 bits per heavy atom. The highest BCUT2D eigenvalue weighted by molar-refractivity contribution is 7.99. The smallest absolute Gasteiger partial charge is 0.196 e. The van der Waals surface area contributed by atoms with Gasteiger partial charge in [-0.05, 0) is 36.8 Å². The van der Waals surface area contributed by atoms with Crippen molar-refractivity contribution in [2.75, 3.05) is 5.75 Å². The van der Waals surface area contributed by atoms with Crippen LogP contribution in [0.15, 0.2) is 90.4 Å². The molecule has 0 aliphatic heterocycles. The highest BCUT2D eigenvalue weighted by atomic mass is 32.2. The van der Waals surface area contributed by atoms with Crippen LogP contribution in [0.2, 0.25) is 0 Å². The van der Waals surface area contributed by atoms with E-state index < -0.39 is 0 Å². The van der Waals surface area contributed by atoms with Crippen LogP contribution in [0.3, 0.4) is 0 Å². The van der Waals surface area contributed by atoms with Gasteiger partial charge in [0.2, 0.25) is 0 Å². The van der Waals surface area contributed by atoms with Crippen LogP contribution in [0.25, 0.3) is 23.2 Å². The summed E-state index contributed by atoms with van der Waals surface area (Å²) in [6, 6.07) is 22.6. The molecule has 2 aromatic carbocycles. The van der Waals surface area contributed by atoms with Crippen LogP contribution >= 0.6 is 11.8 Å². The molecular weight excluding hydrogens is 364 g/mol.